The molecule has 60 heavy (non-hydrogen) atoms. The molecular weight excluding hydrogens is 769 g/mol. The standard InChI is InChI=1S/C28H22N2O3.C22H20N2O2S/c1-2-30-25-14-8-7-11-21(25)24-17-18(15-16-26(24)30)29-27(31)22-12-5-3-9-19(22)20-10-4-6-13-23(20)28(32)33;1-15-9-11-16(12-10-15)20-14-22(17-5-4-6-18(13-17)24(25)26)27-21-8-3-2-7-19(21)23-20/h3-17H,2H2,1H3,(H,29,31)(H,32,33);2-13,22,25-26H,14H2,1H3. The van der Waals surface area contributed by atoms with Gasteiger partial charge >= 0.3 is 5.97 Å². The van der Waals surface area contributed by atoms with Crippen molar-refractivity contribution >= 4 is 68.2 Å². The van der Waals surface area contributed by atoms with E-state index in [1.807, 2.05) is 60.7 Å². The molecule has 1 amide bonds. The number of nitrogens with zero attached hydrogens (tertiary/aromatic N) is 3. The van der Waals surface area contributed by atoms with Crippen LogP contribution in [0.4, 0.5) is 17.1 Å². The minimum atomic E-state index is -1.03. The first-order valence-electron chi connectivity index (χ1n) is 19.6. The highest BCUT2D eigenvalue weighted by atomic mass is 32.2. The molecule has 10 heteroatoms. The third-order valence-electron chi connectivity index (χ3n) is 10.6. The number of benzene rings is 7. The van der Waals surface area contributed by atoms with Gasteiger partial charge in [0.25, 0.3) is 5.91 Å². The molecule has 8 aromatic rings. The van der Waals surface area contributed by atoms with Crippen LogP contribution in [0.25, 0.3) is 32.9 Å². The maximum atomic E-state index is 13.3. The number of hydrogen-bond donors (Lipinski definition) is 4. The average molecular weight is 811 g/mol. The van der Waals surface area contributed by atoms with E-state index in [0.29, 0.717) is 28.1 Å². The molecule has 4 N–H and O–H groups in total. The zero-order valence-electron chi connectivity index (χ0n) is 33.0. The fourth-order valence-electron chi connectivity index (χ4n) is 7.67. The van der Waals surface area contributed by atoms with Gasteiger partial charge in [0.1, 0.15) is 0 Å². The molecule has 0 bridgehead atoms. The molecule has 7 aromatic carbocycles. The maximum Gasteiger partial charge on any atom is 0.336 e. The lowest BCUT2D eigenvalue weighted by molar-refractivity contribution is 0.0291. The zero-order valence-corrected chi connectivity index (χ0v) is 33.8. The highest BCUT2D eigenvalue weighted by Crippen LogP contribution is 2.46. The Morgan fingerprint density at radius 2 is 1.40 bits per heavy atom. The molecule has 1 aromatic heterocycles. The highest BCUT2D eigenvalue weighted by molar-refractivity contribution is 7.99. The van der Waals surface area contributed by atoms with Gasteiger partial charge in [-0.1, -0.05) is 109 Å². The summed E-state index contributed by atoms with van der Waals surface area (Å²) in [6, 6.07) is 51.9. The summed E-state index contributed by atoms with van der Waals surface area (Å²) in [5.74, 6) is -1.32. The molecule has 2 heterocycles. The minimum Gasteiger partial charge on any atom is -0.478 e. The SMILES string of the molecule is CCn1c2ccccc2c2cc(NC(=O)c3ccccc3-c3ccccc3C(=O)O)ccc21.Cc1ccc(C2=Nc3ccccc3SC(c3cccc(N(O)O)c3)C2)cc1. The summed E-state index contributed by atoms with van der Waals surface area (Å²) in [6.45, 7) is 5.05. The number of amides is 1. The molecule has 1 atom stereocenters. The number of hydrogen-bond acceptors (Lipinski definition) is 7. The van der Waals surface area contributed by atoms with E-state index in [2.05, 4.69) is 66.2 Å². The second-order valence-corrected chi connectivity index (χ2v) is 15.7. The Hall–Kier alpha value is -6.98. The number of anilines is 2. The predicted molar refractivity (Wildman–Crippen MR) is 241 cm³/mol. The van der Waals surface area contributed by atoms with Gasteiger partial charge in [-0.2, -0.15) is 0 Å². The van der Waals surface area contributed by atoms with Gasteiger partial charge in [0, 0.05) is 61.9 Å². The van der Waals surface area contributed by atoms with E-state index in [4.69, 9.17) is 4.99 Å². The Morgan fingerprint density at radius 3 is 2.15 bits per heavy atom. The van der Waals surface area contributed by atoms with Crippen LogP contribution in [-0.2, 0) is 6.54 Å². The van der Waals surface area contributed by atoms with Gasteiger partial charge in [-0.15, -0.1) is 17.0 Å². The molecule has 298 valence electrons. The molecule has 9 nitrogen and oxygen atoms in total. The van der Waals surface area contributed by atoms with E-state index >= 15 is 0 Å². The number of carbonyl (C=O) groups excluding carboxylic acids is 1. The van der Waals surface area contributed by atoms with Gasteiger partial charge in [0.15, 0.2) is 0 Å². The molecule has 1 unspecified atom stereocenters. The monoisotopic (exact) mass is 810 g/mol. The van der Waals surface area contributed by atoms with E-state index in [1.165, 1.54) is 5.56 Å². The van der Waals surface area contributed by atoms with Gasteiger partial charge in [0.05, 0.1) is 16.9 Å². The first-order valence-corrected chi connectivity index (χ1v) is 20.5. The van der Waals surface area contributed by atoms with Crippen LogP contribution in [0.15, 0.2) is 174 Å². The van der Waals surface area contributed by atoms with Crippen LogP contribution < -0.4 is 10.5 Å². The van der Waals surface area contributed by atoms with Gasteiger partial charge in [0.2, 0.25) is 0 Å². The number of para-hydroxylation sites is 2. The fraction of sp³-hybridized carbons (Fsp3) is 0.100. The number of aryl methyl sites for hydroxylation is 2. The van der Waals surface area contributed by atoms with Crippen LogP contribution in [0, 0.1) is 6.92 Å². The summed E-state index contributed by atoms with van der Waals surface area (Å²) in [7, 11) is 0. The highest BCUT2D eigenvalue weighted by Gasteiger charge is 2.23. The van der Waals surface area contributed by atoms with Gasteiger partial charge in [-0.05, 0) is 96.8 Å². The van der Waals surface area contributed by atoms with Crippen molar-refractivity contribution in [2.24, 2.45) is 4.99 Å². The zero-order chi connectivity index (χ0) is 41.8. The van der Waals surface area contributed by atoms with Crippen molar-refractivity contribution in [1.82, 2.24) is 4.57 Å². The molecule has 0 spiro atoms. The van der Waals surface area contributed by atoms with Crippen LogP contribution in [-0.4, -0.2) is 37.7 Å². The number of carboxylic acid groups (broad SMARTS) is 1. The number of carboxylic acids is 1. The molecule has 9 rings (SSSR count). The van der Waals surface area contributed by atoms with Crippen LogP contribution in [0.2, 0.25) is 0 Å². The van der Waals surface area contributed by atoms with E-state index in [1.54, 1.807) is 72.4 Å². The average Bonchev–Trinajstić information content (AvgIpc) is 3.45. The Kier molecular flexibility index (Phi) is 11.6. The molecule has 1 aliphatic rings. The fourth-order valence-corrected chi connectivity index (χ4v) is 8.89. The van der Waals surface area contributed by atoms with Crippen molar-refractivity contribution in [3.63, 3.8) is 0 Å². The van der Waals surface area contributed by atoms with Crippen LogP contribution >= 0.6 is 11.8 Å². The molecule has 0 aliphatic carbocycles. The van der Waals surface area contributed by atoms with E-state index in [-0.39, 0.29) is 21.9 Å². The summed E-state index contributed by atoms with van der Waals surface area (Å²) in [5.41, 5.74) is 10.4. The number of rotatable bonds is 8. The topological polar surface area (TPSA) is 127 Å². The van der Waals surface area contributed by atoms with Crippen molar-refractivity contribution in [3.8, 4) is 11.1 Å². The van der Waals surface area contributed by atoms with E-state index in [0.717, 1.165) is 62.2 Å². The predicted octanol–water partition coefficient (Wildman–Crippen LogP) is 12.4. The van der Waals surface area contributed by atoms with Crippen LogP contribution in [0.1, 0.15) is 56.0 Å². The molecule has 1 aliphatic heterocycles. The van der Waals surface area contributed by atoms with Crippen molar-refractivity contribution in [1.29, 1.82) is 0 Å². The van der Waals surface area contributed by atoms with Crippen LogP contribution in [0.3, 0.4) is 0 Å². The summed E-state index contributed by atoms with van der Waals surface area (Å²) in [6.07, 6.45) is 0.753. The van der Waals surface area contributed by atoms with Crippen molar-refractivity contribution in [2.45, 2.75) is 37.0 Å². The number of fused-ring (bicyclic) bond motifs is 4. The number of carbonyl (C=O) groups is 2. The number of thioether (sulfide) groups is 1. The Bertz CT molecular complexity index is 2900. The first kappa shape index (κ1) is 39.8. The summed E-state index contributed by atoms with van der Waals surface area (Å²) in [4.78, 5) is 31.1. The van der Waals surface area contributed by atoms with E-state index in [9.17, 15) is 25.1 Å². The molecule has 0 radical (unpaired) electrons. The Labute approximate surface area is 351 Å². The second kappa shape index (κ2) is 17.5. The number of aromatic nitrogens is 1. The van der Waals surface area contributed by atoms with Crippen molar-refractivity contribution in [3.05, 3.63) is 192 Å². The lowest BCUT2D eigenvalue weighted by Crippen LogP contribution is -2.13. The summed E-state index contributed by atoms with van der Waals surface area (Å²) in [5, 5.41) is 33.9. The largest absolute Gasteiger partial charge is 0.478 e. The van der Waals surface area contributed by atoms with Gasteiger partial charge in [-0.25, -0.2) is 4.79 Å². The minimum absolute atomic E-state index is 0.119. The number of nitrogens with one attached hydrogen (secondary N) is 1. The van der Waals surface area contributed by atoms with Crippen molar-refractivity contribution < 1.29 is 25.1 Å². The Morgan fingerprint density at radius 1 is 0.733 bits per heavy atom. The van der Waals surface area contributed by atoms with Crippen LogP contribution in [0.5, 0.6) is 0 Å². The molecular formula is C50H42N4O5S. The summed E-state index contributed by atoms with van der Waals surface area (Å²) < 4.78 is 2.26. The number of aromatic carboxylic acids is 1. The molecule has 0 fully saturated rings. The maximum absolute atomic E-state index is 13.3. The third-order valence-corrected chi connectivity index (χ3v) is 11.9. The molecule has 0 saturated heterocycles. The first-order chi connectivity index (χ1) is 29.2. The molecule has 0 saturated carbocycles. The Balaban J connectivity index is 0.000000170. The lowest BCUT2D eigenvalue weighted by Gasteiger charge is -2.18. The summed E-state index contributed by atoms with van der Waals surface area (Å²) >= 11 is 1.76. The number of aliphatic imine (C=N–C) groups is 1. The smallest absolute Gasteiger partial charge is 0.336 e. The van der Waals surface area contributed by atoms with E-state index < -0.39 is 5.97 Å². The normalized spacial score (nSPS) is 13.4. The third kappa shape index (κ3) is 8.30. The second-order valence-electron chi connectivity index (χ2n) is 14.4. The van der Waals surface area contributed by atoms with Crippen molar-refractivity contribution in [2.75, 3.05) is 10.5 Å². The van der Waals surface area contributed by atoms with Gasteiger partial charge in [-0.3, -0.25) is 20.2 Å². The van der Waals surface area contributed by atoms with Gasteiger partial charge < -0.3 is 15.0 Å². The quantitative estimate of drug-likeness (QED) is 0.113. The lowest BCUT2D eigenvalue weighted by atomic mass is 9.95.